The summed E-state index contributed by atoms with van der Waals surface area (Å²) in [6.07, 6.45) is 0. The Hall–Kier alpha value is 0.0700. The zero-order valence-electron chi connectivity index (χ0n) is 3.23. The highest BCUT2D eigenvalue weighted by molar-refractivity contribution is 6.19. The van der Waals surface area contributed by atoms with E-state index in [4.69, 9.17) is 11.6 Å². The molecule has 1 atom stereocenters. The quantitative estimate of drug-likeness (QED) is 0.540. The molecule has 0 aromatic rings. The number of halogens is 3. The molecule has 0 fully saturated rings. The second kappa shape index (κ2) is 4.23. The highest BCUT2D eigenvalue weighted by atomic mass is 35.5. The molecule has 0 spiro atoms. The molecule has 0 heterocycles. The van der Waals surface area contributed by atoms with Gasteiger partial charge in [-0.2, -0.15) is 9.88 Å². The van der Waals surface area contributed by atoms with Crippen molar-refractivity contribution in [1.29, 1.82) is 0 Å². The molecule has 2 nitrogen and oxygen atoms in total. The lowest BCUT2D eigenvalue weighted by Gasteiger charge is -1.94. The molecule has 0 radical (unpaired) electrons. The van der Waals surface area contributed by atoms with Crippen LogP contribution in [0.1, 0.15) is 0 Å². The molecule has 1 unspecified atom stereocenters. The summed E-state index contributed by atoms with van der Waals surface area (Å²) in [5.74, 6) is 0. The average molecular weight is 132 g/mol. The smallest absolute Gasteiger partial charge is 0.190 e. The molecule has 5 heteroatoms. The summed E-state index contributed by atoms with van der Waals surface area (Å²) in [6.45, 7) is -0.599. The van der Waals surface area contributed by atoms with Crippen molar-refractivity contribution in [3.05, 3.63) is 0 Å². The van der Waals surface area contributed by atoms with Gasteiger partial charge in [-0.05, 0) is 9.05 Å². The van der Waals surface area contributed by atoms with Crippen LogP contribution >= 0.6 is 11.6 Å². The van der Waals surface area contributed by atoms with Crippen LogP contribution in [0.4, 0.5) is 9.05 Å². The van der Waals surface area contributed by atoms with E-state index < -0.39 is 12.2 Å². The van der Waals surface area contributed by atoms with E-state index in [0.29, 0.717) is 0 Å². The van der Waals surface area contributed by atoms with Crippen LogP contribution in [0.5, 0.6) is 0 Å². The molecule has 0 aliphatic heterocycles. The van der Waals surface area contributed by atoms with Gasteiger partial charge >= 0.3 is 0 Å². The molecule has 0 amide bonds. The van der Waals surface area contributed by atoms with Crippen LogP contribution in [0.2, 0.25) is 0 Å². The standard InChI is InChI=1S/C2H3ClF2O2/c3-2(7-5)1-6-4/h2H,1H2. The monoisotopic (exact) mass is 132 g/mol. The molecule has 0 saturated heterocycles. The minimum Gasteiger partial charge on any atom is -0.190 e. The molecular weight excluding hydrogens is 129 g/mol. The Morgan fingerprint density at radius 1 is 1.57 bits per heavy atom. The van der Waals surface area contributed by atoms with Gasteiger partial charge in [-0.25, -0.2) is 0 Å². The van der Waals surface area contributed by atoms with Crippen LogP contribution in [-0.4, -0.2) is 12.2 Å². The number of alkyl halides is 1. The number of hydrogen-bond acceptors (Lipinski definition) is 2. The van der Waals surface area contributed by atoms with Crippen molar-refractivity contribution < 1.29 is 18.9 Å². The summed E-state index contributed by atoms with van der Waals surface area (Å²) in [6, 6.07) is 0. The fourth-order valence-electron chi connectivity index (χ4n) is 0.0752. The Kier molecular flexibility index (Phi) is 4.28. The third kappa shape index (κ3) is 3.91. The zero-order chi connectivity index (χ0) is 5.70. The van der Waals surface area contributed by atoms with E-state index in [1.807, 2.05) is 0 Å². The molecule has 0 aromatic carbocycles. The lowest BCUT2D eigenvalue weighted by Crippen LogP contribution is -2.04. The van der Waals surface area contributed by atoms with Crippen LogP contribution in [0.15, 0.2) is 0 Å². The summed E-state index contributed by atoms with van der Waals surface area (Å²) >= 11 is 4.80. The van der Waals surface area contributed by atoms with Crippen LogP contribution in [0.25, 0.3) is 0 Å². The second-order valence-electron chi connectivity index (χ2n) is 0.775. The lowest BCUT2D eigenvalue weighted by atomic mass is 10.8. The zero-order valence-corrected chi connectivity index (χ0v) is 3.99. The fourth-order valence-corrected chi connectivity index (χ4v) is 0.123. The van der Waals surface area contributed by atoms with Crippen molar-refractivity contribution in [1.82, 2.24) is 0 Å². The van der Waals surface area contributed by atoms with Crippen LogP contribution in [0, 0.1) is 0 Å². The maximum absolute atomic E-state index is 10.7. The molecule has 0 N–H and O–H groups in total. The van der Waals surface area contributed by atoms with E-state index in [1.54, 1.807) is 0 Å². The van der Waals surface area contributed by atoms with Gasteiger partial charge in [0.15, 0.2) is 5.56 Å². The Bertz CT molecular complexity index is 44.7. The first-order valence-electron chi connectivity index (χ1n) is 1.46. The van der Waals surface area contributed by atoms with E-state index in [2.05, 4.69) is 9.88 Å². The van der Waals surface area contributed by atoms with Gasteiger partial charge in [-0.15, -0.1) is 0 Å². The maximum atomic E-state index is 10.7. The lowest BCUT2D eigenvalue weighted by molar-refractivity contribution is -0.209. The minimum absolute atomic E-state index is 0.599. The first-order valence-corrected chi connectivity index (χ1v) is 1.90. The first kappa shape index (κ1) is 7.07. The molecule has 0 aliphatic rings. The van der Waals surface area contributed by atoms with Crippen molar-refractivity contribution >= 4 is 11.6 Å². The van der Waals surface area contributed by atoms with E-state index in [-0.39, 0.29) is 0 Å². The SMILES string of the molecule is FOCC(Cl)OF. The highest BCUT2D eigenvalue weighted by Gasteiger charge is 2.02. The average Bonchev–Trinajstić information content (AvgIpc) is 1.68. The minimum atomic E-state index is -1.34. The van der Waals surface area contributed by atoms with Gasteiger partial charge in [-0.3, -0.25) is 0 Å². The van der Waals surface area contributed by atoms with Crippen molar-refractivity contribution in [3.63, 3.8) is 0 Å². The summed E-state index contributed by atoms with van der Waals surface area (Å²) in [5.41, 5.74) is -1.34. The first-order chi connectivity index (χ1) is 3.31. The molecule has 0 saturated carbocycles. The van der Waals surface area contributed by atoms with Gasteiger partial charge in [0.1, 0.15) is 6.61 Å². The molecule has 0 aliphatic carbocycles. The van der Waals surface area contributed by atoms with Gasteiger partial charge in [-0.1, -0.05) is 11.6 Å². The Labute approximate surface area is 43.8 Å². The normalized spacial score (nSPS) is 14.1. The van der Waals surface area contributed by atoms with Crippen molar-refractivity contribution in [2.75, 3.05) is 6.61 Å². The van der Waals surface area contributed by atoms with Crippen LogP contribution in [0.3, 0.4) is 0 Å². The summed E-state index contributed by atoms with van der Waals surface area (Å²) in [7, 11) is 0. The maximum Gasteiger partial charge on any atom is 0.198 e. The van der Waals surface area contributed by atoms with Gasteiger partial charge in [0.25, 0.3) is 0 Å². The second-order valence-corrected chi connectivity index (χ2v) is 1.26. The fraction of sp³-hybridized carbons (Fsp3) is 1.00. The van der Waals surface area contributed by atoms with Gasteiger partial charge in [0.05, 0.1) is 0 Å². The van der Waals surface area contributed by atoms with Gasteiger partial charge in [0, 0.05) is 0 Å². The number of rotatable bonds is 3. The van der Waals surface area contributed by atoms with Crippen molar-refractivity contribution in [3.8, 4) is 0 Å². The summed E-state index contributed by atoms with van der Waals surface area (Å²) in [5, 5.41) is 0. The van der Waals surface area contributed by atoms with Crippen molar-refractivity contribution in [2.45, 2.75) is 5.56 Å². The Balaban J connectivity index is 2.83. The van der Waals surface area contributed by atoms with Gasteiger partial charge in [0.2, 0.25) is 0 Å². The van der Waals surface area contributed by atoms with E-state index >= 15 is 0 Å². The molecule has 0 aromatic heterocycles. The van der Waals surface area contributed by atoms with Crippen LogP contribution < -0.4 is 0 Å². The molecule has 7 heavy (non-hydrogen) atoms. The highest BCUT2D eigenvalue weighted by Crippen LogP contribution is 1.98. The predicted molar refractivity (Wildman–Crippen MR) is 18.9 cm³/mol. The van der Waals surface area contributed by atoms with E-state index in [0.717, 1.165) is 0 Å². The summed E-state index contributed by atoms with van der Waals surface area (Å²) in [4.78, 5) is 5.79. The Morgan fingerprint density at radius 2 is 2.14 bits per heavy atom. The topological polar surface area (TPSA) is 18.5 Å². The van der Waals surface area contributed by atoms with E-state index in [1.165, 1.54) is 0 Å². The summed E-state index contributed by atoms with van der Waals surface area (Å²) < 4.78 is 21.3. The van der Waals surface area contributed by atoms with Crippen LogP contribution in [-0.2, 0) is 9.88 Å². The largest absolute Gasteiger partial charge is 0.198 e. The molecule has 44 valence electrons. The third-order valence-electron chi connectivity index (χ3n) is 0.291. The van der Waals surface area contributed by atoms with Crippen molar-refractivity contribution in [2.24, 2.45) is 0 Å². The van der Waals surface area contributed by atoms with Gasteiger partial charge < -0.3 is 0 Å². The molecule has 0 rings (SSSR count). The van der Waals surface area contributed by atoms with E-state index in [9.17, 15) is 9.05 Å². The Morgan fingerprint density at radius 3 is 2.29 bits per heavy atom. The predicted octanol–water partition coefficient (Wildman–Crippen LogP) is 1.35. The third-order valence-corrected chi connectivity index (χ3v) is 0.484. The molecular formula is C2H3ClF2O2. The molecule has 0 bridgehead atoms. The number of hydrogen-bond donors (Lipinski definition) is 0.